The van der Waals surface area contributed by atoms with Crippen molar-refractivity contribution in [3.8, 4) is 0 Å². The molecule has 0 atom stereocenters. The van der Waals surface area contributed by atoms with Gasteiger partial charge < -0.3 is 9.84 Å². The Bertz CT molecular complexity index is 393. The molecule has 14 heavy (non-hydrogen) atoms. The third kappa shape index (κ3) is 1.67. The van der Waals surface area contributed by atoms with E-state index in [9.17, 15) is 4.79 Å². The molecule has 2 rings (SSSR count). The van der Waals surface area contributed by atoms with Crippen LogP contribution in [0, 0.1) is 0 Å². The molecule has 72 valence electrons. The van der Waals surface area contributed by atoms with Gasteiger partial charge >= 0.3 is 5.97 Å². The molecule has 0 radical (unpaired) electrons. The summed E-state index contributed by atoms with van der Waals surface area (Å²) in [4.78, 5) is 10.5. The number of carboxylic acids is 1. The fraction of sp³-hybridized carbons (Fsp3) is 0.182. The van der Waals surface area contributed by atoms with Crippen molar-refractivity contribution in [1.82, 2.24) is 0 Å². The highest BCUT2D eigenvalue weighted by Gasteiger charge is 2.14. The molecular weight excluding hydrogens is 180 g/mol. The van der Waals surface area contributed by atoms with E-state index in [1.54, 1.807) is 0 Å². The molecule has 3 heteroatoms. The number of fused-ring (bicyclic) bond motifs is 1. The lowest BCUT2D eigenvalue weighted by Gasteiger charge is -2.18. The summed E-state index contributed by atoms with van der Waals surface area (Å²) in [6.45, 7) is 0.941. The Morgan fingerprint density at radius 1 is 1.36 bits per heavy atom. The van der Waals surface area contributed by atoms with Crippen LogP contribution in [0.4, 0.5) is 0 Å². The predicted octanol–water partition coefficient (Wildman–Crippen LogP) is 1.68. The van der Waals surface area contributed by atoms with Crippen molar-refractivity contribution in [2.45, 2.75) is 6.61 Å². The lowest BCUT2D eigenvalue weighted by Crippen LogP contribution is -2.10. The maximum Gasteiger partial charge on any atom is 0.328 e. The first-order valence-corrected chi connectivity index (χ1v) is 4.37. The molecule has 1 heterocycles. The van der Waals surface area contributed by atoms with Gasteiger partial charge in [0.2, 0.25) is 0 Å². The molecule has 0 amide bonds. The van der Waals surface area contributed by atoms with Gasteiger partial charge in [-0.15, -0.1) is 0 Å². The maximum atomic E-state index is 10.5. The second-order valence-corrected chi connectivity index (χ2v) is 3.16. The lowest BCUT2D eigenvalue weighted by atomic mass is 9.98. The van der Waals surface area contributed by atoms with E-state index < -0.39 is 5.97 Å². The van der Waals surface area contributed by atoms with Gasteiger partial charge in [-0.3, -0.25) is 0 Å². The van der Waals surface area contributed by atoms with E-state index in [0.29, 0.717) is 13.2 Å². The van der Waals surface area contributed by atoms with Crippen molar-refractivity contribution in [3.63, 3.8) is 0 Å². The SMILES string of the molecule is O=C(O)C=C1COCc2ccccc21. The van der Waals surface area contributed by atoms with E-state index in [2.05, 4.69) is 0 Å². The minimum atomic E-state index is -0.930. The van der Waals surface area contributed by atoms with E-state index in [4.69, 9.17) is 9.84 Å². The van der Waals surface area contributed by atoms with Crippen LogP contribution < -0.4 is 0 Å². The fourth-order valence-corrected chi connectivity index (χ4v) is 1.58. The summed E-state index contributed by atoms with van der Waals surface area (Å²) >= 11 is 0. The van der Waals surface area contributed by atoms with Gasteiger partial charge in [0.05, 0.1) is 13.2 Å². The van der Waals surface area contributed by atoms with Gasteiger partial charge in [-0.2, -0.15) is 0 Å². The van der Waals surface area contributed by atoms with E-state index in [1.165, 1.54) is 6.08 Å². The molecule has 0 saturated heterocycles. The molecule has 0 saturated carbocycles. The van der Waals surface area contributed by atoms with Crippen molar-refractivity contribution in [2.24, 2.45) is 0 Å². The monoisotopic (exact) mass is 190 g/mol. The number of aliphatic carboxylic acids is 1. The molecule has 0 unspecified atom stereocenters. The highest BCUT2D eigenvalue weighted by atomic mass is 16.5. The first kappa shape index (κ1) is 8.97. The van der Waals surface area contributed by atoms with Crippen LogP contribution in [0.15, 0.2) is 30.3 Å². The van der Waals surface area contributed by atoms with E-state index in [0.717, 1.165) is 16.7 Å². The molecule has 1 aromatic carbocycles. The highest BCUT2D eigenvalue weighted by Crippen LogP contribution is 2.24. The Morgan fingerprint density at radius 2 is 2.14 bits per heavy atom. The third-order valence-corrected chi connectivity index (χ3v) is 2.18. The average Bonchev–Trinajstić information content (AvgIpc) is 2.18. The number of rotatable bonds is 1. The summed E-state index contributed by atoms with van der Waals surface area (Å²) in [5, 5.41) is 8.66. The van der Waals surface area contributed by atoms with Gasteiger partial charge in [-0.05, 0) is 16.7 Å². The minimum Gasteiger partial charge on any atom is -0.478 e. The molecule has 0 aliphatic carbocycles. The Kier molecular flexibility index (Phi) is 2.33. The molecule has 0 spiro atoms. The molecule has 3 nitrogen and oxygen atoms in total. The van der Waals surface area contributed by atoms with Gasteiger partial charge in [0.15, 0.2) is 0 Å². The zero-order chi connectivity index (χ0) is 9.97. The van der Waals surface area contributed by atoms with Crippen LogP contribution >= 0.6 is 0 Å². The second-order valence-electron chi connectivity index (χ2n) is 3.16. The molecule has 1 aliphatic rings. The summed E-state index contributed by atoms with van der Waals surface area (Å²) in [5.41, 5.74) is 2.77. The zero-order valence-corrected chi connectivity index (χ0v) is 7.56. The van der Waals surface area contributed by atoms with Gasteiger partial charge in [0.25, 0.3) is 0 Å². The quantitative estimate of drug-likeness (QED) is 0.685. The molecule has 0 fully saturated rings. The average molecular weight is 190 g/mol. The van der Waals surface area contributed by atoms with Gasteiger partial charge in [-0.25, -0.2) is 4.79 Å². The molecule has 1 aromatic rings. The van der Waals surface area contributed by atoms with E-state index >= 15 is 0 Å². The number of benzene rings is 1. The smallest absolute Gasteiger partial charge is 0.328 e. The second kappa shape index (κ2) is 3.64. The van der Waals surface area contributed by atoms with Crippen LogP contribution in [-0.2, 0) is 16.1 Å². The third-order valence-electron chi connectivity index (χ3n) is 2.18. The molecule has 1 aliphatic heterocycles. The van der Waals surface area contributed by atoms with Gasteiger partial charge in [-0.1, -0.05) is 24.3 Å². The van der Waals surface area contributed by atoms with Crippen molar-refractivity contribution in [3.05, 3.63) is 41.5 Å². The first-order valence-electron chi connectivity index (χ1n) is 4.37. The maximum absolute atomic E-state index is 10.5. The predicted molar refractivity (Wildman–Crippen MR) is 51.7 cm³/mol. The summed E-state index contributed by atoms with van der Waals surface area (Å²) in [6.07, 6.45) is 1.21. The van der Waals surface area contributed by atoms with E-state index in [-0.39, 0.29) is 0 Å². The van der Waals surface area contributed by atoms with Crippen molar-refractivity contribution >= 4 is 11.5 Å². The standard InChI is InChI=1S/C11H10O3/c12-11(13)5-9-7-14-6-8-3-1-2-4-10(8)9/h1-5H,6-7H2,(H,12,13). The summed E-state index contributed by atoms with van der Waals surface area (Å²) < 4.78 is 5.28. The normalized spacial score (nSPS) is 17.9. The number of carbonyl (C=O) groups is 1. The summed E-state index contributed by atoms with van der Waals surface area (Å²) in [7, 11) is 0. The number of ether oxygens (including phenoxy) is 1. The fourth-order valence-electron chi connectivity index (χ4n) is 1.58. The lowest BCUT2D eigenvalue weighted by molar-refractivity contribution is -0.131. The van der Waals surface area contributed by atoms with Crippen LogP contribution in [-0.4, -0.2) is 17.7 Å². The summed E-state index contributed by atoms with van der Waals surface area (Å²) in [5.74, 6) is -0.930. The molecule has 0 aromatic heterocycles. The Balaban J connectivity index is 2.45. The van der Waals surface area contributed by atoms with Crippen LogP contribution in [0.3, 0.4) is 0 Å². The Labute approximate surface area is 81.6 Å². The number of carboxylic acid groups (broad SMARTS) is 1. The molecular formula is C11H10O3. The van der Waals surface area contributed by atoms with Gasteiger partial charge in [0.1, 0.15) is 0 Å². The van der Waals surface area contributed by atoms with Gasteiger partial charge in [0, 0.05) is 6.08 Å². The summed E-state index contributed by atoms with van der Waals surface area (Å²) in [6, 6.07) is 7.70. The van der Waals surface area contributed by atoms with Crippen LogP contribution in [0.25, 0.3) is 5.57 Å². The van der Waals surface area contributed by atoms with Crippen LogP contribution in [0.5, 0.6) is 0 Å². The molecule has 1 N–H and O–H groups in total. The Morgan fingerprint density at radius 3 is 2.93 bits per heavy atom. The van der Waals surface area contributed by atoms with Crippen molar-refractivity contribution in [2.75, 3.05) is 6.61 Å². The number of hydrogen-bond acceptors (Lipinski definition) is 2. The van der Waals surface area contributed by atoms with Crippen LogP contribution in [0.1, 0.15) is 11.1 Å². The zero-order valence-electron chi connectivity index (χ0n) is 7.56. The largest absolute Gasteiger partial charge is 0.478 e. The molecule has 0 bridgehead atoms. The van der Waals surface area contributed by atoms with Crippen LogP contribution in [0.2, 0.25) is 0 Å². The van der Waals surface area contributed by atoms with E-state index in [1.807, 2.05) is 24.3 Å². The van der Waals surface area contributed by atoms with Crippen molar-refractivity contribution < 1.29 is 14.6 Å². The van der Waals surface area contributed by atoms with Crippen molar-refractivity contribution in [1.29, 1.82) is 0 Å². The topological polar surface area (TPSA) is 46.5 Å². The Hall–Kier alpha value is -1.61. The highest BCUT2D eigenvalue weighted by molar-refractivity contribution is 5.91. The minimum absolute atomic E-state index is 0.378. The number of hydrogen-bond donors (Lipinski definition) is 1. The first-order chi connectivity index (χ1) is 6.77.